The minimum Gasteiger partial charge on any atom is -0.493 e. The van der Waals surface area contributed by atoms with Gasteiger partial charge in [0.1, 0.15) is 6.04 Å². The fraction of sp³-hybridized carbons (Fsp3) is 0.308. The van der Waals surface area contributed by atoms with Gasteiger partial charge in [-0.1, -0.05) is 60.7 Å². The summed E-state index contributed by atoms with van der Waals surface area (Å²) in [6.45, 7) is 3.35. The highest BCUT2D eigenvalue weighted by atomic mass is 16.5. The molecule has 3 nitrogen and oxygen atoms in total. The zero-order valence-electron chi connectivity index (χ0n) is 17.9. The summed E-state index contributed by atoms with van der Waals surface area (Å²) in [4.78, 5) is 1.48. The molecule has 0 heterocycles. The Morgan fingerprint density at radius 2 is 1.28 bits per heavy atom. The summed E-state index contributed by atoms with van der Waals surface area (Å²) in [6.07, 6.45) is 1.09. The fourth-order valence-corrected chi connectivity index (χ4v) is 3.89. The van der Waals surface area contributed by atoms with E-state index in [0.29, 0.717) is 12.0 Å². The van der Waals surface area contributed by atoms with Crippen LogP contribution in [-0.4, -0.2) is 27.8 Å². The largest absolute Gasteiger partial charge is 0.493 e. The lowest BCUT2D eigenvalue weighted by atomic mass is 9.88. The number of ether oxygens (including phenoxy) is 2. The molecule has 3 rings (SSSR count). The van der Waals surface area contributed by atoms with Crippen LogP contribution >= 0.6 is 0 Å². The molecule has 0 aliphatic rings. The lowest BCUT2D eigenvalue weighted by Crippen LogP contribution is -3.09. The monoisotopic (exact) mass is 390 g/mol. The van der Waals surface area contributed by atoms with Crippen LogP contribution in [0.3, 0.4) is 0 Å². The third kappa shape index (κ3) is 5.18. The van der Waals surface area contributed by atoms with Gasteiger partial charge in [0.15, 0.2) is 11.5 Å². The summed E-state index contributed by atoms with van der Waals surface area (Å²) in [6, 6.07) is 28.3. The van der Waals surface area contributed by atoms with Crippen molar-refractivity contribution < 1.29 is 14.4 Å². The molecule has 3 aromatic rings. The molecule has 0 radical (unpaired) electrons. The first kappa shape index (κ1) is 20.9. The molecule has 2 atom stereocenters. The average Bonchev–Trinajstić information content (AvgIpc) is 2.79. The van der Waals surface area contributed by atoms with Crippen LogP contribution in [0.2, 0.25) is 0 Å². The highest BCUT2D eigenvalue weighted by Gasteiger charge is 2.21. The number of hydrogen-bond acceptors (Lipinski definition) is 2. The second kappa shape index (κ2) is 10.1. The predicted octanol–water partition coefficient (Wildman–Crippen LogP) is 4.50. The average molecular weight is 391 g/mol. The zero-order chi connectivity index (χ0) is 20.6. The van der Waals surface area contributed by atoms with E-state index in [1.54, 1.807) is 14.2 Å². The van der Waals surface area contributed by atoms with Gasteiger partial charge in [-0.05, 0) is 36.2 Å². The topological polar surface area (TPSA) is 22.9 Å². The van der Waals surface area contributed by atoms with Crippen molar-refractivity contribution in [3.63, 3.8) is 0 Å². The number of hydrogen-bond donors (Lipinski definition) is 1. The molecule has 1 N–H and O–H groups in total. The van der Waals surface area contributed by atoms with Gasteiger partial charge in [0, 0.05) is 17.9 Å². The fourth-order valence-electron chi connectivity index (χ4n) is 3.89. The Balaban J connectivity index is 1.74. The Morgan fingerprint density at radius 1 is 0.724 bits per heavy atom. The molecule has 0 saturated heterocycles. The third-order valence-corrected chi connectivity index (χ3v) is 5.88. The molecule has 0 aromatic heterocycles. The van der Waals surface area contributed by atoms with Gasteiger partial charge in [0.05, 0.1) is 27.8 Å². The lowest BCUT2D eigenvalue weighted by Gasteiger charge is -2.25. The van der Waals surface area contributed by atoms with Crippen molar-refractivity contribution >= 4 is 0 Å². The van der Waals surface area contributed by atoms with Crippen LogP contribution in [-0.2, 0) is 0 Å². The minimum absolute atomic E-state index is 0.363. The summed E-state index contributed by atoms with van der Waals surface area (Å²) < 4.78 is 10.9. The molecule has 0 bridgehead atoms. The van der Waals surface area contributed by atoms with E-state index < -0.39 is 0 Å². The highest BCUT2D eigenvalue weighted by molar-refractivity contribution is 5.43. The van der Waals surface area contributed by atoms with Crippen LogP contribution in [0.15, 0.2) is 78.9 Å². The van der Waals surface area contributed by atoms with Crippen molar-refractivity contribution in [1.82, 2.24) is 0 Å². The molecule has 0 amide bonds. The summed E-state index contributed by atoms with van der Waals surface area (Å²) in [5, 5.41) is 0. The van der Waals surface area contributed by atoms with Gasteiger partial charge in [-0.3, -0.25) is 0 Å². The van der Waals surface area contributed by atoms with E-state index in [-0.39, 0.29) is 0 Å². The first-order valence-corrected chi connectivity index (χ1v) is 10.3. The summed E-state index contributed by atoms with van der Waals surface area (Å²) in [5.41, 5.74) is 4.02. The van der Waals surface area contributed by atoms with Gasteiger partial charge in [-0.25, -0.2) is 0 Å². The first-order chi connectivity index (χ1) is 14.1. The Labute approximate surface area is 174 Å². The zero-order valence-corrected chi connectivity index (χ0v) is 17.9. The SMILES string of the molecule is COc1ccc(C(C)[NH+](C)CCC(c2ccccc2)c2ccccc2)cc1OC. The van der Waals surface area contributed by atoms with Crippen LogP contribution in [0.5, 0.6) is 11.5 Å². The van der Waals surface area contributed by atoms with Crippen LogP contribution in [0.25, 0.3) is 0 Å². The summed E-state index contributed by atoms with van der Waals surface area (Å²) >= 11 is 0. The maximum atomic E-state index is 5.49. The van der Waals surface area contributed by atoms with Crippen molar-refractivity contribution in [3.8, 4) is 11.5 Å². The van der Waals surface area contributed by atoms with E-state index >= 15 is 0 Å². The molecule has 2 unspecified atom stereocenters. The van der Waals surface area contributed by atoms with Gasteiger partial charge >= 0.3 is 0 Å². The molecule has 29 heavy (non-hydrogen) atoms. The number of benzene rings is 3. The van der Waals surface area contributed by atoms with Gasteiger partial charge in [0.25, 0.3) is 0 Å². The predicted molar refractivity (Wildman–Crippen MR) is 119 cm³/mol. The van der Waals surface area contributed by atoms with E-state index in [4.69, 9.17) is 9.47 Å². The summed E-state index contributed by atoms with van der Waals surface area (Å²) in [7, 11) is 5.63. The molecule has 0 fully saturated rings. The standard InChI is InChI=1S/C26H31NO2/c1-20(23-15-16-25(28-3)26(19-23)29-4)27(2)18-17-24(21-11-7-5-8-12-21)22-13-9-6-10-14-22/h5-16,19-20,24H,17-18H2,1-4H3/p+1. The molecule has 3 heteroatoms. The van der Waals surface area contributed by atoms with Crippen molar-refractivity contribution in [1.29, 1.82) is 0 Å². The number of quaternary nitrogens is 1. The maximum absolute atomic E-state index is 5.49. The molecule has 0 saturated carbocycles. The van der Waals surface area contributed by atoms with Gasteiger partial charge in [0.2, 0.25) is 0 Å². The van der Waals surface area contributed by atoms with Gasteiger partial charge in [-0.2, -0.15) is 0 Å². The minimum atomic E-state index is 0.363. The molecular formula is C26H32NO2+. The van der Waals surface area contributed by atoms with Crippen molar-refractivity contribution in [2.45, 2.75) is 25.3 Å². The normalized spacial score (nSPS) is 13.1. The first-order valence-electron chi connectivity index (χ1n) is 10.3. The van der Waals surface area contributed by atoms with Crippen LogP contribution in [0.1, 0.15) is 42.0 Å². The highest BCUT2D eigenvalue weighted by Crippen LogP contribution is 2.30. The quantitative estimate of drug-likeness (QED) is 0.581. The molecule has 0 aliphatic carbocycles. The Morgan fingerprint density at radius 3 is 1.79 bits per heavy atom. The smallest absolute Gasteiger partial charge is 0.161 e. The molecule has 0 spiro atoms. The number of rotatable bonds is 9. The molecular weight excluding hydrogens is 358 g/mol. The van der Waals surface area contributed by atoms with Crippen LogP contribution < -0.4 is 14.4 Å². The van der Waals surface area contributed by atoms with Crippen LogP contribution in [0, 0.1) is 0 Å². The van der Waals surface area contributed by atoms with Crippen molar-refractivity contribution in [2.75, 3.05) is 27.8 Å². The van der Waals surface area contributed by atoms with Gasteiger partial charge in [-0.15, -0.1) is 0 Å². The number of methoxy groups -OCH3 is 2. The lowest BCUT2D eigenvalue weighted by molar-refractivity contribution is -0.910. The Kier molecular flexibility index (Phi) is 7.31. The maximum Gasteiger partial charge on any atom is 0.161 e. The van der Waals surface area contributed by atoms with Gasteiger partial charge < -0.3 is 14.4 Å². The molecule has 152 valence electrons. The van der Waals surface area contributed by atoms with Crippen molar-refractivity contribution in [3.05, 3.63) is 95.6 Å². The second-order valence-corrected chi connectivity index (χ2v) is 7.60. The van der Waals surface area contributed by atoms with E-state index in [1.807, 2.05) is 6.07 Å². The van der Waals surface area contributed by atoms with Crippen molar-refractivity contribution in [2.24, 2.45) is 0 Å². The Bertz CT molecular complexity index is 840. The van der Waals surface area contributed by atoms with E-state index in [1.165, 1.54) is 21.6 Å². The van der Waals surface area contributed by atoms with Crippen LogP contribution in [0.4, 0.5) is 0 Å². The Hall–Kier alpha value is -2.78. The third-order valence-electron chi connectivity index (χ3n) is 5.88. The van der Waals surface area contributed by atoms with E-state index in [0.717, 1.165) is 24.5 Å². The molecule has 0 aliphatic heterocycles. The van der Waals surface area contributed by atoms with E-state index in [2.05, 4.69) is 86.8 Å². The second-order valence-electron chi connectivity index (χ2n) is 7.60. The number of nitrogens with one attached hydrogen (secondary N) is 1. The van der Waals surface area contributed by atoms with E-state index in [9.17, 15) is 0 Å². The molecule has 3 aromatic carbocycles. The summed E-state index contributed by atoms with van der Waals surface area (Å²) in [5.74, 6) is 1.97.